The first-order valence-corrected chi connectivity index (χ1v) is 13.1. The van der Waals surface area contributed by atoms with Gasteiger partial charge in [-0.3, -0.25) is 0 Å². The maximum Gasteiger partial charge on any atom is 0.160 e. The van der Waals surface area contributed by atoms with Crippen LogP contribution in [-0.4, -0.2) is 15.7 Å². The lowest BCUT2D eigenvalue weighted by Crippen LogP contribution is -2.15. The molecule has 1 aliphatic rings. The smallest absolute Gasteiger partial charge is 0.160 e. The molecule has 2 nitrogen and oxygen atoms in total. The Hall–Kier alpha value is -3.69. The number of benzene rings is 4. The molecule has 1 aromatic heterocycles. The second kappa shape index (κ2) is 9.07. The van der Waals surface area contributed by atoms with Crippen molar-refractivity contribution in [3.63, 3.8) is 0 Å². The van der Waals surface area contributed by atoms with E-state index in [0.717, 1.165) is 46.1 Å². The summed E-state index contributed by atoms with van der Waals surface area (Å²) in [4.78, 5) is 10.1. The molecule has 5 aromatic rings. The van der Waals surface area contributed by atoms with Gasteiger partial charge in [0.1, 0.15) is 0 Å². The Morgan fingerprint density at radius 1 is 0.611 bits per heavy atom. The zero-order valence-electron chi connectivity index (χ0n) is 20.6. The van der Waals surface area contributed by atoms with E-state index < -0.39 is 0 Å². The van der Waals surface area contributed by atoms with Gasteiger partial charge < -0.3 is 0 Å². The maximum absolute atomic E-state index is 5.04. The summed E-state index contributed by atoms with van der Waals surface area (Å²) >= 11 is 4.44. The van der Waals surface area contributed by atoms with Gasteiger partial charge in [0, 0.05) is 22.1 Å². The lowest BCUT2D eigenvalue weighted by atomic mass is 9.81. The third-order valence-corrected chi connectivity index (χ3v) is 7.49. The summed E-state index contributed by atoms with van der Waals surface area (Å²) < 4.78 is 0. The Labute approximate surface area is 218 Å². The van der Waals surface area contributed by atoms with Gasteiger partial charge in [-0.1, -0.05) is 105 Å². The minimum atomic E-state index is -0.0907. The van der Waals surface area contributed by atoms with E-state index in [-0.39, 0.29) is 5.41 Å². The Bertz CT molecular complexity index is 1500. The minimum absolute atomic E-state index is 0.0907. The average Bonchev–Trinajstić information content (AvgIpc) is 3.15. The second-order valence-corrected chi connectivity index (χ2v) is 10.4. The molecular weight excluding hydrogens is 456 g/mol. The summed E-state index contributed by atoms with van der Waals surface area (Å²) in [7, 11) is 0. The summed E-state index contributed by atoms with van der Waals surface area (Å²) in [6.07, 6.45) is 0.983. The van der Waals surface area contributed by atoms with E-state index in [0.29, 0.717) is 0 Å². The normalized spacial score (nSPS) is 13.3. The van der Waals surface area contributed by atoms with Gasteiger partial charge in [-0.2, -0.15) is 12.6 Å². The Morgan fingerprint density at radius 3 is 1.75 bits per heavy atom. The van der Waals surface area contributed by atoms with Crippen LogP contribution < -0.4 is 0 Å². The number of thiol groups is 1. The van der Waals surface area contributed by atoms with Gasteiger partial charge in [-0.05, 0) is 52.1 Å². The van der Waals surface area contributed by atoms with Crippen LogP contribution in [0.5, 0.6) is 0 Å². The molecule has 36 heavy (non-hydrogen) atoms. The number of hydrogen-bond donors (Lipinski definition) is 1. The topological polar surface area (TPSA) is 25.8 Å². The van der Waals surface area contributed by atoms with Crippen LogP contribution in [0.25, 0.3) is 45.0 Å². The Morgan fingerprint density at radius 2 is 1.17 bits per heavy atom. The SMILES string of the molecule is CC1(C)c2cc(CCS)ccc2-c2ccc(-c3nc(-c4ccccc4)cc(-c4ccccc4)n3)cc21. The molecule has 0 radical (unpaired) electrons. The highest BCUT2D eigenvalue weighted by atomic mass is 32.1. The summed E-state index contributed by atoms with van der Waals surface area (Å²) in [6.45, 7) is 4.64. The lowest BCUT2D eigenvalue weighted by Gasteiger charge is -2.22. The van der Waals surface area contributed by atoms with Crippen molar-refractivity contribution in [3.05, 3.63) is 120 Å². The van der Waals surface area contributed by atoms with Crippen LogP contribution in [0.1, 0.15) is 30.5 Å². The fraction of sp³-hybridized carbons (Fsp3) is 0.152. The number of fused-ring (bicyclic) bond motifs is 3. The van der Waals surface area contributed by atoms with Crippen molar-refractivity contribution in [2.75, 3.05) is 5.75 Å². The van der Waals surface area contributed by atoms with Crippen molar-refractivity contribution in [2.45, 2.75) is 25.7 Å². The number of nitrogens with zero attached hydrogens (tertiary/aromatic N) is 2. The molecule has 0 amide bonds. The largest absolute Gasteiger partial charge is 0.228 e. The highest BCUT2D eigenvalue weighted by Gasteiger charge is 2.35. The van der Waals surface area contributed by atoms with Crippen molar-refractivity contribution in [3.8, 4) is 45.0 Å². The predicted molar refractivity (Wildman–Crippen MR) is 153 cm³/mol. The molecule has 0 spiro atoms. The number of hydrogen-bond acceptors (Lipinski definition) is 3. The quantitative estimate of drug-likeness (QED) is 0.254. The van der Waals surface area contributed by atoms with E-state index in [2.05, 4.69) is 117 Å². The number of aryl methyl sites for hydroxylation is 1. The first kappa shape index (κ1) is 22.8. The first-order valence-electron chi connectivity index (χ1n) is 12.4. The number of aromatic nitrogens is 2. The fourth-order valence-corrected chi connectivity index (χ4v) is 5.56. The molecule has 0 fully saturated rings. The Kier molecular flexibility index (Phi) is 5.73. The van der Waals surface area contributed by atoms with E-state index >= 15 is 0 Å². The molecule has 6 rings (SSSR count). The van der Waals surface area contributed by atoms with Crippen molar-refractivity contribution in [2.24, 2.45) is 0 Å². The van der Waals surface area contributed by atoms with E-state index in [1.165, 1.54) is 27.8 Å². The van der Waals surface area contributed by atoms with Gasteiger partial charge in [0.25, 0.3) is 0 Å². The standard InChI is InChI=1S/C33H28N2S/c1-33(2)28-19-22(17-18-36)13-15-26(28)27-16-14-25(20-29(27)33)32-34-30(23-9-5-3-6-10-23)21-31(35-32)24-11-7-4-8-12-24/h3-16,19-21,36H,17-18H2,1-2H3. The average molecular weight is 485 g/mol. The summed E-state index contributed by atoms with van der Waals surface area (Å²) in [5.41, 5.74) is 11.7. The maximum atomic E-state index is 5.04. The van der Waals surface area contributed by atoms with Crippen molar-refractivity contribution < 1.29 is 0 Å². The summed E-state index contributed by atoms with van der Waals surface area (Å²) in [5, 5.41) is 0. The van der Waals surface area contributed by atoms with E-state index in [4.69, 9.17) is 9.97 Å². The molecular formula is C33H28N2S. The van der Waals surface area contributed by atoms with Crippen LogP contribution in [-0.2, 0) is 11.8 Å². The van der Waals surface area contributed by atoms with E-state index in [1.807, 2.05) is 12.1 Å². The van der Waals surface area contributed by atoms with E-state index in [1.54, 1.807) is 0 Å². The fourth-order valence-electron chi connectivity index (χ4n) is 5.30. The predicted octanol–water partition coefficient (Wildman–Crippen LogP) is 8.26. The van der Waals surface area contributed by atoms with Gasteiger partial charge in [0.05, 0.1) is 11.4 Å². The zero-order chi connectivity index (χ0) is 24.7. The molecule has 0 N–H and O–H groups in total. The monoisotopic (exact) mass is 484 g/mol. The van der Waals surface area contributed by atoms with Crippen molar-refractivity contribution in [1.82, 2.24) is 9.97 Å². The molecule has 0 saturated carbocycles. The van der Waals surface area contributed by atoms with Gasteiger partial charge in [-0.25, -0.2) is 9.97 Å². The van der Waals surface area contributed by atoms with Crippen LogP contribution in [0.2, 0.25) is 0 Å². The van der Waals surface area contributed by atoms with Gasteiger partial charge in [-0.15, -0.1) is 0 Å². The van der Waals surface area contributed by atoms with Gasteiger partial charge >= 0.3 is 0 Å². The summed E-state index contributed by atoms with van der Waals surface area (Å²) in [5.74, 6) is 1.61. The molecule has 0 bridgehead atoms. The van der Waals surface area contributed by atoms with Crippen LogP contribution in [0.15, 0.2) is 103 Å². The molecule has 0 saturated heterocycles. The number of rotatable bonds is 5. The Balaban J connectivity index is 1.50. The molecule has 0 atom stereocenters. The second-order valence-electron chi connectivity index (χ2n) is 9.93. The van der Waals surface area contributed by atoms with Crippen LogP contribution in [0, 0.1) is 0 Å². The molecule has 0 aliphatic heterocycles. The molecule has 176 valence electrons. The minimum Gasteiger partial charge on any atom is -0.228 e. The van der Waals surface area contributed by atoms with Crippen LogP contribution in [0.3, 0.4) is 0 Å². The van der Waals surface area contributed by atoms with Crippen LogP contribution >= 0.6 is 12.6 Å². The highest BCUT2D eigenvalue weighted by Crippen LogP contribution is 2.49. The molecule has 0 unspecified atom stereocenters. The highest BCUT2D eigenvalue weighted by molar-refractivity contribution is 7.80. The molecule has 1 heterocycles. The third-order valence-electron chi connectivity index (χ3n) is 7.26. The van der Waals surface area contributed by atoms with Crippen molar-refractivity contribution >= 4 is 12.6 Å². The molecule has 1 aliphatic carbocycles. The van der Waals surface area contributed by atoms with Gasteiger partial charge in [0.15, 0.2) is 5.82 Å². The molecule has 4 aromatic carbocycles. The van der Waals surface area contributed by atoms with Crippen molar-refractivity contribution in [1.29, 1.82) is 0 Å². The first-order chi connectivity index (χ1) is 17.5. The van der Waals surface area contributed by atoms with Crippen LogP contribution in [0.4, 0.5) is 0 Å². The summed E-state index contributed by atoms with van der Waals surface area (Å²) in [6, 6.07) is 36.4. The van der Waals surface area contributed by atoms with E-state index in [9.17, 15) is 0 Å². The third kappa shape index (κ3) is 3.94. The van der Waals surface area contributed by atoms with Gasteiger partial charge in [0.2, 0.25) is 0 Å². The zero-order valence-corrected chi connectivity index (χ0v) is 21.5. The molecule has 3 heteroatoms. The lowest BCUT2D eigenvalue weighted by molar-refractivity contribution is 0.659.